The predicted octanol–water partition coefficient (Wildman–Crippen LogP) is 3.25. The number of anilines is 1. The van der Waals surface area contributed by atoms with Gasteiger partial charge in [0, 0.05) is 29.4 Å². The molecule has 0 bridgehead atoms. The van der Waals surface area contributed by atoms with E-state index in [0.29, 0.717) is 12.3 Å². The second-order valence-corrected chi connectivity index (χ2v) is 7.64. The highest BCUT2D eigenvalue weighted by Gasteiger charge is 2.24. The lowest BCUT2D eigenvalue weighted by Gasteiger charge is -2.21. The summed E-state index contributed by atoms with van der Waals surface area (Å²) in [5.74, 6) is 1.52. The van der Waals surface area contributed by atoms with Gasteiger partial charge in [-0.25, -0.2) is 0 Å². The number of benzene rings is 1. The third kappa shape index (κ3) is 4.09. The molecule has 1 fully saturated rings. The Kier molecular flexibility index (Phi) is 5.41. The minimum atomic E-state index is 0.118. The molecule has 4 nitrogen and oxygen atoms in total. The van der Waals surface area contributed by atoms with Gasteiger partial charge >= 0.3 is 0 Å². The van der Waals surface area contributed by atoms with Gasteiger partial charge in [-0.05, 0) is 43.5 Å². The van der Waals surface area contributed by atoms with Crippen LogP contribution in [0.1, 0.15) is 16.2 Å². The number of nitrogens with one attached hydrogen (secondary N) is 1. The third-order valence-electron chi connectivity index (χ3n) is 4.43. The highest BCUT2D eigenvalue weighted by molar-refractivity contribution is 7.12. The van der Waals surface area contributed by atoms with E-state index < -0.39 is 0 Å². The van der Waals surface area contributed by atoms with Gasteiger partial charge in [-0.1, -0.05) is 12.1 Å². The number of nitrogens with zero attached hydrogens (tertiary/aromatic N) is 1. The number of para-hydroxylation sites is 2. The van der Waals surface area contributed by atoms with Crippen molar-refractivity contribution in [3.8, 4) is 5.75 Å². The van der Waals surface area contributed by atoms with Crippen molar-refractivity contribution in [2.75, 3.05) is 31.6 Å². The lowest BCUT2D eigenvalue weighted by molar-refractivity contribution is -0.120. The lowest BCUT2D eigenvalue weighted by atomic mass is 10.1. The fourth-order valence-electron chi connectivity index (χ4n) is 3.17. The van der Waals surface area contributed by atoms with Crippen LogP contribution in [0, 0.1) is 12.8 Å². The largest absolute Gasteiger partial charge is 0.495 e. The Morgan fingerprint density at radius 1 is 1.33 bits per heavy atom. The standard InChI is InChI=1S/C19H24N2O2S/c1-14-7-8-16(24-14)11-19(22)20-12-15-9-10-21(13-15)17-5-3-4-6-18(17)23-2/h3-8,15H,9-13H2,1-2H3,(H,20,22)/t15-/m1/s1. The van der Waals surface area contributed by atoms with E-state index >= 15 is 0 Å². The molecule has 5 heteroatoms. The molecule has 2 heterocycles. The van der Waals surface area contributed by atoms with Crippen molar-refractivity contribution in [2.45, 2.75) is 19.8 Å². The van der Waals surface area contributed by atoms with Gasteiger partial charge in [-0.15, -0.1) is 11.3 Å². The molecule has 0 radical (unpaired) electrons. The highest BCUT2D eigenvalue weighted by atomic mass is 32.1. The van der Waals surface area contributed by atoms with Crippen LogP contribution in [0.4, 0.5) is 5.69 Å². The quantitative estimate of drug-likeness (QED) is 0.875. The topological polar surface area (TPSA) is 41.6 Å². The number of hydrogen-bond donors (Lipinski definition) is 1. The number of amides is 1. The van der Waals surface area contributed by atoms with Gasteiger partial charge in [0.2, 0.25) is 5.91 Å². The summed E-state index contributed by atoms with van der Waals surface area (Å²) >= 11 is 1.69. The zero-order chi connectivity index (χ0) is 16.9. The van der Waals surface area contributed by atoms with Crippen molar-refractivity contribution in [1.29, 1.82) is 0 Å². The Labute approximate surface area is 147 Å². The minimum Gasteiger partial charge on any atom is -0.495 e. The Bertz CT molecular complexity index is 698. The van der Waals surface area contributed by atoms with Crippen LogP contribution < -0.4 is 15.0 Å². The number of methoxy groups -OCH3 is 1. The fourth-order valence-corrected chi connectivity index (χ4v) is 4.06. The number of aryl methyl sites for hydroxylation is 1. The summed E-state index contributed by atoms with van der Waals surface area (Å²) in [5, 5.41) is 3.09. The van der Waals surface area contributed by atoms with E-state index in [1.54, 1.807) is 18.4 Å². The molecule has 1 aliphatic heterocycles. The second-order valence-electron chi connectivity index (χ2n) is 6.27. The number of carbonyl (C=O) groups excluding carboxylic acids is 1. The van der Waals surface area contributed by atoms with E-state index in [1.165, 1.54) is 4.88 Å². The summed E-state index contributed by atoms with van der Waals surface area (Å²) in [7, 11) is 1.71. The fraction of sp³-hybridized carbons (Fsp3) is 0.421. The van der Waals surface area contributed by atoms with Crippen LogP contribution in [-0.2, 0) is 11.2 Å². The molecular weight excluding hydrogens is 320 g/mol. The first-order valence-corrected chi connectivity index (χ1v) is 9.17. The molecule has 1 N–H and O–H groups in total. The maximum Gasteiger partial charge on any atom is 0.225 e. The summed E-state index contributed by atoms with van der Waals surface area (Å²) in [6.45, 7) is 4.77. The van der Waals surface area contributed by atoms with Crippen molar-refractivity contribution >= 4 is 22.9 Å². The number of ether oxygens (including phenoxy) is 1. The van der Waals surface area contributed by atoms with Gasteiger partial charge in [0.1, 0.15) is 5.75 Å². The summed E-state index contributed by atoms with van der Waals surface area (Å²) in [5.41, 5.74) is 1.14. The molecule has 0 spiro atoms. The van der Waals surface area contributed by atoms with Crippen LogP contribution in [0.3, 0.4) is 0 Å². The van der Waals surface area contributed by atoms with Crippen molar-refractivity contribution in [2.24, 2.45) is 5.92 Å². The molecule has 128 valence electrons. The molecule has 1 atom stereocenters. The molecule has 1 aromatic heterocycles. The number of hydrogen-bond acceptors (Lipinski definition) is 4. The number of rotatable bonds is 6. The van der Waals surface area contributed by atoms with Gasteiger partial charge < -0.3 is 15.0 Å². The lowest BCUT2D eigenvalue weighted by Crippen LogP contribution is -2.31. The normalized spacial score (nSPS) is 17.1. The monoisotopic (exact) mass is 344 g/mol. The zero-order valence-electron chi connectivity index (χ0n) is 14.2. The predicted molar refractivity (Wildman–Crippen MR) is 99.1 cm³/mol. The van der Waals surface area contributed by atoms with Gasteiger partial charge in [-0.2, -0.15) is 0 Å². The van der Waals surface area contributed by atoms with Crippen LogP contribution in [0.15, 0.2) is 36.4 Å². The first-order chi connectivity index (χ1) is 11.7. The maximum absolute atomic E-state index is 12.1. The van der Waals surface area contributed by atoms with E-state index in [1.807, 2.05) is 24.3 Å². The number of thiophene rings is 1. The summed E-state index contributed by atoms with van der Waals surface area (Å²) in [6, 6.07) is 12.2. The van der Waals surface area contributed by atoms with Gasteiger partial charge in [0.25, 0.3) is 0 Å². The molecule has 0 aliphatic carbocycles. The summed E-state index contributed by atoms with van der Waals surface area (Å²) in [6.07, 6.45) is 1.58. The maximum atomic E-state index is 12.1. The molecule has 1 saturated heterocycles. The molecule has 0 unspecified atom stereocenters. The molecule has 1 amide bonds. The Hall–Kier alpha value is -2.01. The first kappa shape index (κ1) is 16.8. The van der Waals surface area contributed by atoms with E-state index in [0.717, 1.165) is 42.4 Å². The van der Waals surface area contributed by atoms with E-state index in [-0.39, 0.29) is 5.91 Å². The highest BCUT2D eigenvalue weighted by Crippen LogP contribution is 2.31. The first-order valence-electron chi connectivity index (χ1n) is 8.35. The Morgan fingerprint density at radius 3 is 2.92 bits per heavy atom. The Balaban J connectivity index is 1.48. The number of carbonyl (C=O) groups is 1. The van der Waals surface area contributed by atoms with Gasteiger partial charge in [-0.3, -0.25) is 4.79 Å². The van der Waals surface area contributed by atoms with E-state index in [2.05, 4.69) is 29.3 Å². The van der Waals surface area contributed by atoms with Crippen LogP contribution in [-0.4, -0.2) is 32.7 Å². The van der Waals surface area contributed by atoms with Crippen molar-refractivity contribution in [3.63, 3.8) is 0 Å². The zero-order valence-corrected chi connectivity index (χ0v) is 15.1. The van der Waals surface area contributed by atoms with Gasteiger partial charge in [0.15, 0.2) is 0 Å². The van der Waals surface area contributed by atoms with Crippen molar-refractivity contribution in [3.05, 3.63) is 46.2 Å². The molecule has 1 aliphatic rings. The smallest absolute Gasteiger partial charge is 0.225 e. The summed E-state index contributed by atoms with van der Waals surface area (Å²) in [4.78, 5) is 16.8. The summed E-state index contributed by atoms with van der Waals surface area (Å²) < 4.78 is 5.45. The van der Waals surface area contributed by atoms with Crippen LogP contribution in [0.5, 0.6) is 5.75 Å². The van der Waals surface area contributed by atoms with Crippen molar-refractivity contribution in [1.82, 2.24) is 5.32 Å². The van der Waals surface area contributed by atoms with Crippen LogP contribution in [0.25, 0.3) is 0 Å². The molecule has 24 heavy (non-hydrogen) atoms. The molecule has 2 aromatic rings. The molecule has 0 saturated carbocycles. The van der Waals surface area contributed by atoms with Crippen molar-refractivity contribution < 1.29 is 9.53 Å². The average molecular weight is 344 g/mol. The minimum absolute atomic E-state index is 0.118. The van der Waals surface area contributed by atoms with Crippen LogP contribution in [0.2, 0.25) is 0 Å². The third-order valence-corrected chi connectivity index (χ3v) is 5.43. The SMILES string of the molecule is COc1ccccc1N1CC[C@H](CNC(=O)Cc2ccc(C)s2)C1. The molecule has 1 aromatic carbocycles. The second kappa shape index (κ2) is 7.71. The van der Waals surface area contributed by atoms with E-state index in [4.69, 9.17) is 4.74 Å². The van der Waals surface area contributed by atoms with Gasteiger partial charge in [0.05, 0.1) is 19.2 Å². The molecule has 3 rings (SSSR count). The van der Waals surface area contributed by atoms with E-state index in [9.17, 15) is 4.79 Å². The van der Waals surface area contributed by atoms with Crippen LogP contribution >= 0.6 is 11.3 Å². The average Bonchev–Trinajstić information content (AvgIpc) is 3.22. The Morgan fingerprint density at radius 2 is 2.17 bits per heavy atom. The molecular formula is C19H24N2O2S.